The van der Waals surface area contributed by atoms with Crippen molar-refractivity contribution in [2.75, 3.05) is 46.4 Å². The predicted octanol–water partition coefficient (Wildman–Crippen LogP) is 1.91. The number of methoxy groups -OCH3 is 1. The molecule has 8 nitrogen and oxygen atoms in total. The molecule has 0 aliphatic carbocycles. The second-order valence-electron chi connectivity index (χ2n) is 7.88. The van der Waals surface area contributed by atoms with Gasteiger partial charge >= 0.3 is 0 Å². The van der Waals surface area contributed by atoms with Gasteiger partial charge in [0.1, 0.15) is 12.0 Å². The van der Waals surface area contributed by atoms with Crippen molar-refractivity contribution in [3.8, 4) is 5.75 Å². The van der Waals surface area contributed by atoms with Gasteiger partial charge in [0.15, 0.2) is 5.69 Å². The van der Waals surface area contributed by atoms with Crippen LogP contribution in [0, 0.1) is 0 Å². The van der Waals surface area contributed by atoms with Gasteiger partial charge in [0.25, 0.3) is 5.91 Å². The summed E-state index contributed by atoms with van der Waals surface area (Å²) in [6, 6.07) is 8.22. The van der Waals surface area contributed by atoms with E-state index in [0.29, 0.717) is 24.7 Å². The molecule has 0 spiro atoms. The molecular formula is C22H30N4O4. The van der Waals surface area contributed by atoms with Gasteiger partial charge in [-0.25, -0.2) is 4.98 Å². The summed E-state index contributed by atoms with van der Waals surface area (Å²) in [6.07, 6.45) is 3.61. The molecule has 162 valence electrons. The Hall–Kier alpha value is -2.42. The molecule has 2 aliphatic rings. The van der Waals surface area contributed by atoms with Gasteiger partial charge in [-0.05, 0) is 30.5 Å². The number of carbonyl (C=O) groups excluding carboxylic acids is 1. The molecule has 1 unspecified atom stereocenters. The van der Waals surface area contributed by atoms with Crippen LogP contribution in [0.25, 0.3) is 0 Å². The lowest BCUT2D eigenvalue weighted by atomic mass is 10.2. The van der Waals surface area contributed by atoms with E-state index in [4.69, 9.17) is 13.9 Å². The van der Waals surface area contributed by atoms with E-state index in [1.165, 1.54) is 11.8 Å². The minimum absolute atomic E-state index is 0.119. The summed E-state index contributed by atoms with van der Waals surface area (Å²) in [7, 11) is 1.69. The van der Waals surface area contributed by atoms with Crippen LogP contribution in [0.3, 0.4) is 0 Å². The van der Waals surface area contributed by atoms with Crippen LogP contribution in [-0.2, 0) is 17.8 Å². The van der Waals surface area contributed by atoms with Gasteiger partial charge in [-0.15, -0.1) is 0 Å². The molecule has 2 aromatic rings. The largest absolute Gasteiger partial charge is 0.497 e. The lowest BCUT2D eigenvalue weighted by Gasteiger charge is -2.34. The van der Waals surface area contributed by atoms with Crippen LogP contribution in [0.5, 0.6) is 5.75 Å². The standard InChI is InChI=1S/C22H30N4O4/c1-28-18-5-2-4-17(12-18)14-25-7-9-26(10-8-25)15-21-24-20(16-30-21)22(27)23-13-19-6-3-11-29-19/h2,4-5,12,16,19H,3,6-11,13-15H2,1H3,(H,23,27). The number of amides is 1. The fourth-order valence-electron chi connectivity index (χ4n) is 3.92. The van der Waals surface area contributed by atoms with Crippen molar-refractivity contribution in [1.29, 1.82) is 0 Å². The summed E-state index contributed by atoms with van der Waals surface area (Å²) >= 11 is 0. The van der Waals surface area contributed by atoms with E-state index in [-0.39, 0.29) is 12.0 Å². The maximum atomic E-state index is 12.3. The monoisotopic (exact) mass is 414 g/mol. The van der Waals surface area contributed by atoms with E-state index in [2.05, 4.69) is 32.2 Å². The van der Waals surface area contributed by atoms with E-state index in [9.17, 15) is 4.79 Å². The maximum absolute atomic E-state index is 12.3. The minimum Gasteiger partial charge on any atom is -0.497 e. The first kappa shape index (κ1) is 20.8. The summed E-state index contributed by atoms with van der Waals surface area (Å²) in [4.78, 5) is 21.4. The molecule has 1 N–H and O–H groups in total. The molecule has 1 atom stereocenters. The minimum atomic E-state index is -0.205. The molecule has 8 heteroatoms. The number of nitrogens with one attached hydrogen (secondary N) is 1. The number of rotatable bonds is 8. The number of hydrogen-bond donors (Lipinski definition) is 1. The Balaban J connectivity index is 1.21. The molecule has 2 saturated heterocycles. The zero-order valence-electron chi connectivity index (χ0n) is 17.5. The highest BCUT2D eigenvalue weighted by molar-refractivity contribution is 5.91. The number of nitrogens with zero attached hydrogens (tertiary/aromatic N) is 3. The first-order valence-electron chi connectivity index (χ1n) is 10.6. The van der Waals surface area contributed by atoms with Gasteiger partial charge in [0.05, 0.1) is 19.8 Å². The number of benzene rings is 1. The highest BCUT2D eigenvalue weighted by atomic mass is 16.5. The van der Waals surface area contributed by atoms with Gasteiger partial charge in [-0.2, -0.15) is 0 Å². The molecule has 4 rings (SSSR count). The summed E-state index contributed by atoms with van der Waals surface area (Å²) in [5, 5.41) is 2.88. The Morgan fingerprint density at radius 1 is 1.23 bits per heavy atom. The lowest BCUT2D eigenvalue weighted by molar-refractivity contribution is 0.0853. The lowest BCUT2D eigenvalue weighted by Crippen LogP contribution is -2.45. The summed E-state index contributed by atoms with van der Waals surface area (Å²) < 4.78 is 16.4. The number of oxazole rings is 1. The molecule has 2 fully saturated rings. The van der Waals surface area contributed by atoms with Gasteiger partial charge in [-0.3, -0.25) is 14.6 Å². The van der Waals surface area contributed by atoms with Crippen LogP contribution in [-0.4, -0.2) is 73.2 Å². The molecule has 3 heterocycles. The SMILES string of the molecule is COc1cccc(CN2CCN(Cc3nc(C(=O)NCC4CCCO4)co3)CC2)c1. The van der Waals surface area contributed by atoms with Crippen LogP contribution in [0.15, 0.2) is 34.9 Å². The summed E-state index contributed by atoms with van der Waals surface area (Å²) in [6.45, 7) is 6.67. The third-order valence-electron chi connectivity index (χ3n) is 5.66. The van der Waals surface area contributed by atoms with Gasteiger partial charge in [-0.1, -0.05) is 12.1 Å². The van der Waals surface area contributed by atoms with Crippen molar-refractivity contribution in [1.82, 2.24) is 20.1 Å². The average molecular weight is 415 g/mol. The van der Waals surface area contributed by atoms with Crippen LogP contribution >= 0.6 is 0 Å². The van der Waals surface area contributed by atoms with E-state index in [1.807, 2.05) is 12.1 Å². The molecule has 0 saturated carbocycles. The van der Waals surface area contributed by atoms with Crippen LogP contribution < -0.4 is 10.1 Å². The zero-order chi connectivity index (χ0) is 20.8. The highest BCUT2D eigenvalue weighted by Crippen LogP contribution is 2.16. The molecule has 0 radical (unpaired) electrons. The first-order valence-corrected chi connectivity index (χ1v) is 10.6. The Labute approximate surface area is 177 Å². The Morgan fingerprint density at radius 3 is 2.77 bits per heavy atom. The van der Waals surface area contributed by atoms with E-state index >= 15 is 0 Å². The van der Waals surface area contributed by atoms with Crippen molar-refractivity contribution in [3.63, 3.8) is 0 Å². The average Bonchev–Trinajstić information content (AvgIpc) is 3.46. The van der Waals surface area contributed by atoms with E-state index in [1.54, 1.807) is 7.11 Å². The molecule has 1 amide bonds. The third-order valence-corrected chi connectivity index (χ3v) is 5.66. The number of hydrogen-bond acceptors (Lipinski definition) is 7. The second kappa shape index (κ2) is 10.1. The van der Waals surface area contributed by atoms with E-state index in [0.717, 1.165) is 57.9 Å². The molecule has 2 aliphatic heterocycles. The maximum Gasteiger partial charge on any atom is 0.273 e. The van der Waals surface area contributed by atoms with Crippen LogP contribution in [0.1, 0.15) is 34.8 Å². The normalized spacial score (nSPS) is 20.4. The van der Waals surface area contributed by atoms with Crippen LogP contribution in [0.4, 0.5) is 0 Å². The zero-order valence-corrected chi connectivity index (χ0v) is 17.5. The number of ether oxygens (including phenoxy) is 2. The fourth-order valence-corrected chi connectivity index (χ4v) is 3.92. The van der Waals surface area contributed by atoms with Crippen molar-refractivity contribution < 1.29 is 18.7 Å². The van der Waals surface area contributed by atoms with Gasteiger partial charge in [0.2, 0.25) is 5.89 Å². The molecule has 1 aromatic heterocycles. The van der Waals surface area contributed by atoms with Gasteiger partial charge in [0, 0.05) is 45.9 Å². The quantitative estimate of drug-likeness (QED) is 0.707. The van der Waals surface area contributed by atoms with E-state index < -0.39 is 0 Å². The number of aromatic nitrogens is 1. The molecule has 30 heavy (non-hydrogen) atoms. The van der Waals surface area contributed by atoms with Crippen LogP contribution in [0.2, 0.25) is 0 Å². The van der Waals surface area contributed by atoms with Gasteiger partial charge < -0.3 is 19.2 Å². The topological polar surface area (TPSA) is 80.1 Å². The highest BCUT2D eigenvalue weighted by Gasteiger charge is 2.21. The Morgan fingerprint density at radius 2 is 2.03 bits per heavy atom. The fraction of sp³-hybridized carbons (Fsp3) is 0.545. The van der Waals surface area contributed by atoms with Crippen molar-refractivity contribution >= 4 is 5.91 Å². The summed E-state index contributed by atoms with van der Waals surface area (Å²) in [5.74, 6) is 1.27. The van der Waals surface area contributed by atoms with Crippen molar-refractivity contribution in [2.24, 2.45) is 0 Å². The smallest absolute Gasteiger partial charge is 0.273 e. The Kier molecular flexibility index (Phi) is 6.99. The Bertz CT molecular complexity index is 826. The molecule has 1 aromatic carbocycles. The first-order chi connectivity index (χ1) is 14.7. The van der Waals surface area contributed by atoms with Crippen molar-refractivity contribution in [2.45, 2.75) is 32.0 Å². The second-order valence-corrected chi connectivity index (χ2v) is 7.88. The van der Waals surface area contributed by atoms with Crippen molar-refractivity contribution in [3.05, 3.63) is 47.7 Å². The predicted molar refractivity (Wildman–Crippen MR) is 111 cm³/mol. The molecular weight excluding hydrogens is 384 g/mol. The summed E-state index contributed by atoms with van der Waals surface area (Å²) in [5.41, 5.74) is 1.59. The number of carbonyl (C=O) groups is 1. The number of piperazine rings is 1. The molecule has 0 bridgehead atoms. The third kappa shape index (κ3) is 5.59.